The first-order valence-corrected chi connectivity index (χ1v) is 4.69. The summed E-state index contributed by atoms with van der Waals surface area (Å²) in [6.45, 7) is 5.72. The first-order chi connectivity index (χ1) is 6.59. The molecule has 1 aromatic heterocycles. The van der Waals surface area contributed by atoms with Gasteiger partial charge in [-0.25, -0.2) is 0 Å². The van der Waals surface area contributed by atoms with E-state index in [2.05, 4.69) is 26.0 Å². The van der Waals surface area contributed by atoms with Crippen molar-refractivity contribution >= 4 is 16.8 Å². The minimum atomic E-state index is 0.0586. The van der Waals surface area contributed by atoms with Crippen LogP contribution in [0.25, 0.3) is 10.9 Å². The van der Waals surface area contributed by atoms with Crippen LogP contribution >= 0.6 is 0 Å². The Morgan fingerprint density at radius 3 is 2.50 bits per heavy atom. The molecule has 2 rings (SSSR count). The third kappa shape index (κ3) is 1.23. The lowest BCUT2D eigenvalue weighted by Crippen LogP contribution is -2.03. The average molecular weight is 187 g/mol. The number of aryl methyl sites for hydroxylation is 2. The van der Waals surface area contributed by atoms with Crippen LogP contribution in [-0.2, 0) is 0 Å². The monoisotopic (exact) mass is 187 g/mol. The molecule has 0 unspecified atom stereocenters. The molecule has 1 aromatic carbocycles. The van der Waals surface area contributed by atoms with Gasteiger partial charge in [0.25, 0.3) is 0 Å². The SMILES string of the molecule is CC(=O)n1ccc2cc(C)c(C)cc21. The highest BCUT2D eigenvalue weighted by molar-refractivity contribution is 5.92. The van der Waals surface area contributed by atoms with E-state index in [-0.39, 0.29) is 5.91 Å². The van der Waals surface area contributed by atoms with Crippen LogP contribution in [0.5, 0.6) is 0 Å². The highest BCUT2D eigenvalue weighted by atomic mass is 16.1. The van der Waals surface area contributed by atoms with E-state index in [1.54, 1.807) is 11.5 Å². The maximum absolute atomic E-state index is 11.3. The van der Waals surface area contributed by atoms with Gasteiger partial charge in [0.15, 0.2) is 0 Å². The van der Waals surface area contributed by atoms with Crippen LogP contribution in [0.3, 0.4) is 0 Å². The van der Waals surface area contributed by atoms with Crippen LogP contribution in [0.4, 0.5) is 0 Å². The zero-order chi connectivity index (χ0) is 10.3. The van der Waals surface area contributed by atoms with Gasteiger partial charge in [0, 0.05) is 18.5 Å². The van der Waals surface area contributed by atoms with Gasteiger partial charge in [0.05, 0.1) is 5.52 Å². The molecule has 0 saturated carbocycles. The van der Waals surface area contributed by atoms with Gasteiger partial charge in [-0.05, 0) is 43.2 Å². The third-order valence-corrected chi connectivity index (χ3v) is 2.64. The van der Waals surface area contributed by atoms with Crippen LogP contribution in [0, 0.1) is 13.8 Å². The van der Waals surface area contributed by atoms with E-state index >= 15 is 0 Å². The molecule has 0 fully saturated rings. The van der Waals surface area contributed by atoms with Crippen LogP contribution in [0.1, 0.15) is 22.8 Å². The van der Waals surface area contributed by atoms with Crippen molar-refractivity contribution < 1.29 is 4.79 Å². The lowest BCUT2D eigenvalue weighted by molar-refractivity contribution is 0.0941. The number of benzene rings is 1. The summed E-state index contributed by atoms with van der Waals surface area (Å²) in [6.07, 6.45) is 1.83. The number of aromatic nitrogens is 1. The maximum atomic E-state index is 11.3. The molecule has 0 saturated heterocycles. The molecule has 72 valence electrons. The summed E-state index contributed by atoms with van der Waals surface area (Å²) >= 11 is 0. The first-order valence-electron chi connectivity index (χ1n) is 4.69. The van der Waals surface area contributed by atoms with Crippen molar-refractivity contribution in [3.63, 3.8) is 0 Å². The van der Waals surface area contributed by atoms with E-state index in [1.165, 1.54) is 11.1 Å². The summed E-state index contributed by atoms with van der Waals surface area (Å²) in [5.74, 6) is 0.0586. The molecule has 1 heterocycles. The molecule has 0 bridgehead atoms. The van der Waals surface area contributed by atoms with Gasteiger partial charge in [0.2, 0.25) is 5.91 Å². The maximum Gasteiger partial charge on any atom is 0.227 e. The molecule has 0 aliphatic carbocycles. The summed E-state index contributed by atoms with van der Waals surface area (Å²) in [5.41, 5.74) is 3.48. The molecule has 0 aliphatic rings. The van der Waals surface area contributed by atoms with E-state index in [0.717, 1.165) is 10.9 Å². The average Bonchev–Trinajstić information content (AvgIpc) is 2.48. The summed E-state index contributed by atoms with van der Waals surface area (Å²) in [5, 5.41) is 1.13. The van der Waals surface area contributed by atoms with Gasteiger partial charge in [0.1, 0.15) is 0 Å². The molecular formula is C12H13NO. The van der Waals surface area contributed by atoms with Crippen LogP contribution in [0.15, 0.2) is 24.4 Å². The topological polar surface area (TPSA) is 22.0 Å². The van der Waals surface area contributed by atoms with E-state index in [9.17, 15) is 4.79 Å². The summed E-state index contributed by atoms with van der Waals surface area (Å²) in [4.78, 5) is 11.3. The van der Waals surface area contributed by atoms with Crippen LogP contribution < -0.4 is 0 Å². The van der Waals surface area contributed by atoms with E-state index in [0.29, 0.717) is 0 Å². The molecule has 0 radical (unpaired) electrons. The summed E-state index contributed by atoms with van der Waals surface area (Å²) in [6, 6.07) is 6.15. The number of hydrogen-bond donors (Lipinski definition) is 0. The number of hydrogen-bond acceptors (Lipinski definition) is 1. The second-order valence-corrected chi connectivity index (χ2v) is 3.70. The Morgan fingerprint density at radius 1 is 1.21 bits per heavy atom. The number of nitrogens with zero attached hydrogens (tertiary/aromatic N) is 1. The molecule has 0 atom stereocenters. The quantitative estimate of drug-likeness (QED) is 0.621. The van der Waals surface area contributed by atoms with Crippen molar-refractivity contribution in [2.75, 3.05) is 0 Å². The summed E-state index contributed by atoms with van der Waals surface area (Å²) in [7, 11) is 0. The Morgan fingerprint density at radius 2 is 1.86 bits per heavy atom. The fourth-order valence-corrected chi connectivity index (χ4v) is 1.68. The number of carbonyl (C=O) groups excluding carboxylic acids is 1. The molecule has 0 N–H and O–H groups in total. The molecule has 2 nitrogen and oxygen atoms in total. The van der Waals surface area contributed by atoms with E-state index in [1.807, 2.05) is 12.3 Å². The van der Waals surface area contributed by atoms with Crippen molar-refractivity contribution in [3.05, 3.63) is 35.5 Å². The Kier molecular flexibility index (Phi) is 1.92. The normalized spacial score (nSPS) is 10.8. The Labute approximate surface area is 83.2 Å². The molecule has 2 heteroatoms. The van der Waals surface area contributed by atoms with Crippen molar-refractivity contribution in [2.45, 2.75) is 20.8 Å². The smallest absolute Gasteiger partial charge is 0.227 e. The van der Waals surface area contributed by atoms with Gasteiger partial charge in [-0.1, -0.05) is 0 Å². The van der Waals surface area contributed by atoms with Gasteiger partial charge in [-0.3, -0.25) is 9.36 Å². The second kappa shape index (κ2) is 2.98. The molecule has 14 heavy (non-hydrogen) atoms. The van der Waals surface area contributed by atoms with E-state index in [4.69, 9.17) is 0 Å². The molecule has 0 spiro atoms. The molecular weight excluding hydrogens is 174 g/mol. The largest absolute Gasteiger partial charge is 0.287 e. The van der Waals surface area contributed by atoms with E-state index < -0.39 is 0 Å². The fraction of sp³-hybridized carbons (Fsp3) is 0.250. The van der Waals surface area contributed by atoms with Gasteiger partial charge < -0.3 is 0 Å². The number of rotatable bonds is 0. The van der Waals surface area contributed by atoms with Crippen molar-refractivity contribution in [3.8, 4) is 0 Å². The highest BCUT2D eigenvalue weighted by Crippen LogP contribution is 2.20. The zero-order valence-corrected chi connectivity index (χ0v) is 8.66. The second-order valence-electron chi connectivity index (χ2n) is 3.70. The minimum absolute atomic E-state index is 0.0586. The zero-order valence-electron chi connectivity index (χ0n) is 8.66. The first kappa shape index (κ1) is 9.00. The Balaban J connectivity index is 2.80. The fourth-order valence-electron chi connectivity index (χ4n) is 1.68. The lowest BCUT2D eigenvalue weighted by Gasteiger charge is -2.03. The predicted octanol–water partition coefficient (Wildman–Crippen LogP) is 2.92. The molecule has 0 amide bonds. The third-order valence-electron chi connectivity index (χ3n) is 2.64. The Hall–Kier alpha value is -1.57. The van der Waals surface area contributed by atoms with Crippen molar-refractivity contribution in [1.82, 2.24) is 4.57 Å². The standard InChI is InChI=1S/C12H13NO/c1-8-6-11-4-5-13(10(3)14)12(11)7-9(8)2/h4-7H,1-3H3. The van der Waals surface area contributed by atoms with Crippen LogP contribution in [-0.4, -0.2) is 10.5 Å². The van der Waals surface area contributed by atoms with Gasteiger partial charge in [-0.2, -0.15) is 0 Å². The predicted molar refractivity (Wildman–Crippen MR) is 57.7 cm³/mol. The summed E-state index contributed by atoms with van der Waals surface area (Å²) < 4.78 is 1.68. The Bertz CT molecular complexity index is 508. The van der Waals surface area contributed by atoms with Gasteiger partial charge >= 0.3 is 0 Å². The van der Waals surface area contributed by atoms with Crippen LogP contribution in [0.2, 0.25) is 0 Å². The minimum Gasteiger partial charge on any atom is -0.287 e. The highest BCUT2D eigenvalue weighted by Gasteiger charge is 2.05. The molecule has 2 aromatic rings. The molecule has 0 aliphatic heterocycles. The van der Waals surface area contributed by atoms with Gasteiger partial charge in [-0.15, -0.1) is 0 Å². The number of carbonyl (C=O) groups is 1. The lowest BCUT2D eigenvalue weighted by atomic mass is 10.1. The van der Waals surface area contributed by atoms with Crippen molar-refractivity contribution in [1.29, 1.82) is 0 Å². The number of fused-ring (bicyclic) bond motifs is 1. The van der Waals surface area contributed by atoms with Crippen molar-refractivity contribution in [2.24, 2.45) is 0 Å².